The Balaban J connectivity index is 2.49. The third kappa shape index (κ3) is 1.92. The highest BCUT2D eigenvalue weighted by atomic mass is 35.5. The number of carbonyl (C=O) groups is 1. The highest BCUT2D eigenvalue weighted by molar-refractivity contribution is 6.33. The predicted octanol–water partition coefficient (Wildman–Crippen LogP) is 2.85. The standard InChI is InChI=1S/C11H9ClN2O/c1-7-2-3-9(10(12)4-7)11-13-5-8(6-15)14-11/h2-6H,1H3,(H,13,14). The van der Waals surface area contributed by atoms with Crippen LogP contribution >= 0.6 is 11.6 Å². The highest BCUT2D eigenvalue weighted by Crippen LogP contribution is 2.26. The van der Waals surface area contributed by atoms with Crippen molar-refractivity contribution < 1.29 is 4.79 Å². The molecule has 0 aliphatic rings. The molecule has 0 spiro atoms. The van der Waals surface area contributed by atoms with E-state index in [0.29, 0.717) is 16.5 Å². The Morgan fingerprint density at radius 3 is 2.87 bits per heavy atom. The van der Waals surface area contributed by atoms with Crippen LogP contribution in [0.15, 0.2) is 24.4 Å². The first-order chi connectivity index (χ1) is 7.20. The van der Waals surface area contributed by atoms with E-state index in [0.717, 1.165) is 17.4 Å². The summed E-state index contributed by atoms with van der Waals surface area (Å²) < 4.78 is 0. The van der Waals surface area contributed by atoms with E-state index in [1.54, 1.807) is 0 Å². The second kappa shape index (κ2) is 3.87. The lowest BCUT2D eigenvalue weighted by atomic mass is 10.1. The summed E-state index contributed by atoms with van der Waals surface area (Å²) in [5, 5.41) is 0.627. The van der Waals surface area contributed by atoms with Crippen molar-refractivity contribution in [3.05, 3.63) is 40.7 Å². The number of aromatic amines is 1. The van der Waals surface area contributed by atoms with Crippen LogP contribution in [0, 0.1) is 6.92 Å². The molecule has 0 aliphatic carbocycles. The van der Waals surface area contributed by atoms with Gasteiger partial charge in [-0.15, -0.1) is 0 Å². The van der Waals surface area contributed by atoms with Crippen molar-refractivity contribution in [2.24, 2.45) is 0 Å². The molecule has 0 amide bonds. The lowest BCUT2D eigenvalue weighted by Gasteiger charge is -2.01. The van der Waals surface area contributed by atoms with Crippen molar-refractivity contribution in [2.75, 3.05) is 0 Å². The van der Waals surface area contributed by atoms with Crippen LogP contribution in [-0.2, 0) is 0 Å². The number of hydrogen-bond donors (Lipinski definition) is 1. The summed E-state index contributed by atoms with van der Waals surface area (Å²) >= 11 is 6.07. The van der Waals surface area contributed by atoms with Crippen LogP contribution in [0.2, 0.25) is 5.02 Å². The number of rotatable bonds is 2. The molecule has 1 aromatic heterocycles. The largest absolute Gasteiger partial charge is 0.336 e. The van der Waals surface area contributed by atoms with Crippen LogP contribution < -0.4 is 0 Å². The van der Waals surface area contributed by atoms with Gasteiger partial charge in [0.1, 0.15) is 5.82 Å². The van der Waals surface area contributed by atoms with E-state index < -0.39 is 0 Å². The molecule has 76 valence electrons. The number of H-pyrrole nitrogens is 1. The molecular weight excluding hydrogens is 212 g/mol. The Kier molecular flexibility index (Phi) is 2.56. The van der Waals surface area contributed by atoms with Gasteiger partial charge in [-0.05, 0) is 24.6 Å². The first kappa shape index (κ1) is 9.93. The molecule has 3 nitrogen and oxygen atoms in total. The summed E-state index contributed by atoms with van der Waals surface area (Å²) in [6.45, 7) is 1.97. The molecule has 1 aromatic carbocycles. The van der Waals surface area contributed by atoms with Gasteiger partial charge in [-0.3, -0.25) is 4.79 Å². The molecule has 0 bridgehead atoms. The van der Waals surface area contributed by atoms with E-state index in [-0.39, 0.29) is 0 Å². The summed E-state index contributed by atoms with van der Waals surface area (Å²) in [5.41, 5.74) is 2.34. The fraction of sp³-hybridized carbons (Fsp3) is 0.0909. The molecule has 0 saturated carbocycles. The van der Waals surface area contributed by atoms with Crippen molar-refractivity contribution in [1.29, 1.82) is 0 Å². The first-order valence-corrected chi connectivity index (χ1v) is 4.85. The number of benzene rings is 1. The first-order valence-electron chi connectivity index (χ1n) is 4.47. The van der Waals surface area contributed by atoms with Crippen LogP contribution in [0.25, 0.3) is 11.4 Å². The van der Waals surface area contributed by atoms with Gasteiger partial charge in [-0.1, -0.05) is 17.7 Å². The average molecular weight is 221 g/mol. The number of aryl methyl sites for hydroxylation is 1. The van der Waals surface area contributed by atoms with Crippen molar-refractivity contribution in [1.82, 2.24) is 9.97 Å². The van der Waals surface area contributed by atoms with Crippen molar-refractivity contribution in [3.63, 3.8) is 0 Å². The third-order valence-corrected chi connectivity index (χ3v) is 2.41. The normalized spacial score (nSPS) is 10.3. The summed E-state index contributed by atoms with van der Waals surface area (Å²) in [6, 6.07) is 5.69. The van der Waals surface area contributed by atoms with Crippen molar-refractivity contribution in [3.8, 4) is 11.4 Å². The highest BCUT2D eigenvalue weighted by Gasteiger charge is 2.07. The van der Waals surface area contributed by atoms with Gasteiger partial charge >= 0.3 is 0 Å². The Morgan fingerprint density at radius 1 is 1.47 bits per heavy atom. The van der Waals surface area contributed by atoms with Gasteiger partial charge in [0.25, 0.3) is 0 Å². The summed E-state index contributed by atoms with van der Waals surface area (Å²) in [5.74, 6) is 0.613. The molecule has 0 fully saturated rings. The molecule has 0 aliphatic heterocycles. The minimum absolute atomic E-state index is 0.446. The summed E-state index contributed by atoms with van der Waals surface area (Å²) in [6.07, 6.45) is 2.21. The minimum Gasteiger partial charge on any atom is -0.336 e. The number of imidazole rings is 1. The van der Waals surface area contributed by atoms with Gasteiger partial charge in [0.15, 0.2) is 6.29 Å². The van der Waals surface area contributed by atoms with Gasteiger partial charge in [-0.25, -0.2) is 4.98 Å². The molecule has 0 atom stereocenters. The van der Waals surface area contributed by atoms with Crippen LogP contribution in [0.3, 0.4) is 0 Å². The molecule has 2 aromatic rings. The number of hydrogen-bond acceptors (Lipinski definition) is 2. The van der Waals surface area contributed by atoms with Gasteiger partial charge in [0.2, 0.25) is 0 Å². The van der Waals surface area contributed by atoms with E-state index in [2.05, 4.69) is 9.97 Å². The maximum atomic E-state index is 10.5. The third-order valence-electron chi connectivity index (χ3n) is 2.10. The number of aldehydes is 1. The van der Waals surface area contributed by atoms with Gasteiger partial charge < -0.3 is 4.98 Å². The average Bonchev–Trinajstić information content (AvgIpc) is 2.66. The van der Waals surface area contributed by atoms with Crippen molar-refractivity contribution >= 4 is 17.9 Å². The number of nitrogens with zero attached hydrogens (tertiary/aromatic N) is 1. The zero-order valence-electron chi connectivity index (χ0n) is 8.12. The lowest BCUT2D eigenvalue weighted by molar-refractivity contribution is 0.111. The molecular formula is C11H9ClN2O. The molecule has 0 unspecified atom stereocenters. The number of halogens is 1. The van der Waals surface area contributed by atoms with E-state index in [9.17, 15) is 4.79 Å². The maximum absolute atomic E-state index is 10.5. The second-order valence-corrected chi connectivity index (χ2v) is 3.70. The number of nitrogens with one attached hydrogen (secondary N) is 1. The van der Waals surface area contributed by atoms with Gasteiger partial charge in [-0.2, -0.15) is 0 Å². The van der Waals surface area contributed by atoms with E-state index in [1.807, 2.05) is 25.1 Å². The molecule has 15 heavy (non-hydrogen) atoms. The monoisotopic (exact) mass is 220 g/mol. The topological polar surface area (TPSA) is 45.8 Å². The van der Waals surface area contributed by atoms with Crippen LogP contribution in [0.5, 0.6) is 0 Å². The summed E-state index contributed by atoms with van der Waals surface area (Å²) in [4.78, 5) is 17.4. The number of carbonyl (C=O) groups excluding carboxylic acids is 1. The SMILES string of the molecule is Cc1ccc(-c2ncc(C=O)[nH]2)c(Cl)c1. The zero-order chi connectivity index (χ0) is 10.8. The predicted molar refractivity (Wildman–Crippen MR) is 59.2 cm³/mol. The number of aromatic nitrogens is 2. The molecule has 0 radical (unpaired) electrons. The Bertz CT molecular complexity index is 505. The summed E-state index contributed by atoms with van der Waals surface area (Å²) in [7, 11) is 0. The Morgan fingerprint density at radius 2 is 2.27 bits per heavy atom. The molecule has 4 heteroatoms. The van der Waals surface area contributed by atoms with Gasteiger partial charge in [0, 0.05) is 5.56 Å². The quantitative estimate of drug-likeness (QED) is 0.791. The fourth-order valence-corrected chi connectivity index (χ4v) is 1.67. The maximum Gasteiger partial charge on any atom is 0.167 e. The van der Waals surface area contributed by atoms with E-state index in [4.69, 9.17) is 11.6 Å². The molecule has 1 N–H and O–H groups in total. The Labute approximate surface area is 92.1 Å². The van der Waals surface area contributed by atoms with Crippen LogP contribution in [0.4, 0.5) is 0 Å². The van der Waals surface area contributed by atoms with Crippen LogP contribution in [0.1, 0.15) is 16.1 Å². The smallest absolute Gasteiger partial charge is 0.167 e. The lowest BCUT2D eigenvalue weighted by Crippen LogP contribution is -1.84. The fourth-order valence-electron chi connectivity index (χ4n) is 1.34. The minimum atomic E-state index is 0.446. The van der Waals surface area contributed by atoms with Crippen LogP contribution in [-0.4, -0.2) is 16.3 Å². The Hall–Kier alpha value is -1.61. The zero-order valence-corrected chi connectivity index (χ0v) is 8.88. The second-order valence-electron chi connectivity index (χ2n) is 3.29. The molecule has 0 saturated heterocycles. The molecule has 2 rings (SSSR count). The molecule has 1 heterocycles. The van der Waals surface area contributed by atoms with E-state index >= 15 is 0 Å². The van der Waals surface area contributed by atoms with E-state index in [1.165, 1.54) is 6.20 Å². The van der Waals surface area contributed by atoms with Crippen molar-refractivity contribution in [2.45, 2.75) is 6.92 Å². The van der Waals surface area contributed by atoms with Gasteiger partial charge in [0.05, 0.1) is 16.9 Å².